The van der Waals surface area contributed by atoms with Crippen LogP contribution in [0.5, 0.6) is 0 Å². The lowest BCUT2D eigenvalue weighted by molar-refractivity contribution is 0.592. The Morgan fingerprint density at radius 3 is 2.67 bits per heavy atom. The Morgan fingerprint density at radius 1 is 1.58 bits per heavy atom. The maximum Gasteiger partial charge on any atom is 0.236 e. The maximum atomic E-state index is 11.3. The molecule has 1 rings (SSSR count). The molecule has 1 N–H and O–H groups in total. The van der Waals surface area contributed by atoms with Crippen molar-refractivity contribution in [3.05, 3.63) is 11.6 Å². The first kappa shape index (κ1) is 9.47. The normalized spacial score (nSPS) is 11.9. The van der Waals surface area contributed by atoms with Gasteiger partial charge in [-0.1, -0.05) is 0 Å². The fourth-order valence-electron chi connectivity index (χ4n) is 0.513. The second-order valence-corrected chi connectivity index (χ2v) is 5.66. The van der Waals surface area contributed by atoms with Crippen molar-refractivity contribution in [2.24, 2.45) is 0 Å². The lowest BCUT2D eigenvalue weighted by atomic mass is 10.6. The summed E-state index contributed by atoms with van der Waals surface area (Å²) in [7, 11) is -3.22. The zero-order valence-electron chi connectivity index (χ0n) is 6.81. The Hall–Kier alpha value is -0.620. The van der Waals surface area contributed by atoms with Gasteiger partial charge in [0.25, 0.3) is 0 Å². The van der Waals surface area contributed by atoms with Gasteiger partial charge in [-0.3, -0.25) is 4.72 Å². The summed E-state index contributed by atoms with van der Waals surface area (Å²) in [5.41, 5.74) is 0. The molecule has 1 aromatic rings. The Labute approximate surface area is 75.7 Å². The zero-order chi connectivity index (χ0) is 9.19. The highest BCUT2D eigenvalue weighted by Gasteiger charge is 2.16. The Morgan fingerprint density at radius 2 is 2.25 bits per heavy atom. The first-order valence-corrected chi connectivity index (χ1v) is 5.86. The number of anilines is 1. The van der Waals surface area contributed by atoms with Crippen LogP contribution in [-0.2, 0) is 10.0 Å². The Kier molecular flexibility index (Phi) is 2.69. The molecule has 0 saturated carbocycles. The topological polar surface area (TPSA) is 59.1 Å². The Bertz CT molecular complexity index is 328. The van der Waals surface area contributed by atoms with Crippen LogP contribution in [0.2, 0.25) is 0 Å². The van der Waals surface area contributed by atoms with Crippen molar-refractivity contribution < 1.29 is 8.42 Å². The van der Waals surface area contributed by atoms with E-state index in [9.17, 15) is 8.42 Å². The van der Waals surface area contributed by atoms with Crippen molar-refractivity contribution in [1.82, 2.24) is 4.98 Å². The second kappa shape index (κ2) is 3.40. The maximum absolute atomic E-state index is 11.3. The van der Waals surface area contributed by atoms with Gasteiger partial charge in [-0.2, -0.15) is 0 Å². The molecule has 0 aliphatic heterocycles. The molecule has 68 valence electrons. The molecule has 0 atom stereocenters. The lowest BCUT2D eigenvalue weighted by Gasteiger charge is -2.06. The quantitative estimate of drug-likeness (QED) is 0.810. The van der Waals surface area contributed by atoms with Gasteiger partial charge in [0.2, 0.25) is 10.0 Å². The van der Waals surface area contributed by atoms with E-state index in [1.54, 1.807) is 25.4 Å². The summed E-state index contributed by atoms with van der Waals surface area (Å²) in [4.78, 5) is 3.81. The molecule has 0 bridgehead atoms. The molecule has 0 fully saturated rings. The summed E-state index contributed by atoms with van der Waals surface area (Å²) in [5, 5.41) is 1.71. The minimum atomic E-state index is -3.22. The summed E-state index contributed by atoms with van der Waals surface area (Å²) < 4.78 is 24.9. The molecule has 0 spiro atoms. The minimum Gasteiger partial charge on any atom is -0.258 e. The van der Waals surface area contributed by atoms with E-state index >= 15 is 0 Å². The molecule has 1 heterocycles. The SMILES string of the molecule is CC(C)S(=O)(=O)Nc1nccs1. The van der Waals surface area contributed by atoms with Crippen LogP contribution in [-0.4, -0.2) is 18.7 Å². The van der Waals surface area contributed by atoms with Crippen molar-refractivity contribution in [3.63, 3.8) is 0 Å². The number of rotatable bonds is 3. The van der Waals surface area contributed by atoms with E-state index < -0.39 is 15.3 Å². The zero-order valence-corrected chi connectivity index (χ0v) is 8.45. The van der Waals surface area contributed by atoms with Crippen LogP contribution in [0.25, 0.3) is 0 Å². The van der Waals surface area contributed by atoms with Crippen molar-refractivity contribution in [2.75, 3.05) is 4.72 Å². The van der Waals surface area contributed by atoms with Gasteiger partial charge in [0.1, 0.15) is 0 Å². The minimum absolute atomic E-state index is 0.420. The summed E-state index contributed by atoms with van der Waals surface area (Å²) in [5.74, 6) is 0. The van der Waals surface area contributed by atoms with Crippen LogP contribution >= 0.6 is 11.3 Å². The molecule has 12 heavy (non-hydrogen) atoms. The molecule has 0 amide bonds. The van der Waals surface area contributed by atoms with Gasteiger partial charge in [-0.15, -0.1) is 11.3 Å². The average molecular weight is 206 g/mol. The van der Waals surface area contributed by atoms with E-state index in [0.717, 1.165) is 0 Å². The predicted molar refractivity (Wildman–Crippen MR) is 49.8 cm³/mol. The highest BCUT2D eigenvalue weighted by atomic mass is 32.2. The number of hydrogen-bond donors (Lipinski definition) is 1. The van der Waals surface area contributed by atoms with E-state index in [1.165, 1.54) is 11.3 Å². The van der Waals surface area contributed by atoms with Crippen molar-refractivity contribution in [3.8, 4) is 0 Å². The molecule has 1 aromatic heterocycles. The van der Waals surface area contributed by atoms with Gasteiger partial charge in [-0.05, 0) is 13.8 Å². The number of sulfonamides is 1. The number of hydrogen-bond acceptors (Lipinski definition) is 4. The van der Waals surface area contributed by atoms with Crippen molar-refractivity contribution >= 4 is 26.5 Å². The third-order valence-electron chi connectivity index (χ3n) is 1.28. The molecule has 0 aliphatic rings. The summed E-state index contributed by atoms with van der Waals surface area (Å²) in [6.07, 6.45) is 1.56. The largest absolute Gasteiger partial charge is 0.258 e. The number of thiazole rings is 1. The van der Waals surface area contributed by atoms with Crippen LogP contribution < -0.4 is 4.72 Å². The molecule has 0 aromatic carbocycles. The van der Waals surface area contributed by atoms with Gasteiger partial charge in [0.15, 0.2) is 5.13 Å². The Balaban J connectivity index is 2.77. The highest BCUT2D eigenvalue weighted by Crippen LogP contribution is 2.13. The first-order chi connectivity index (χ1) is 5.52. The van der Waals surface area contributed by atoms with Gasteiger partial charge >= 0.3 is 0 Å². The molecule has 0 aliphatic carbocycles. The van der Waals surface area contributed by atoms with E-state index in [4.69, 9.17) is 0 Å². The van der Waals surface area contributed by atoms with E-state index in [-0.39, 0.29) is 0 Å². The van der Waals surface area contributed by atoms with Crippen LogP contribution in [0.15, 0.2) is 11.6 Å². The third-order valence-corrected chi connectivity index (χ3v) is 3.82. The molecular weight excluding hydrogens is 196 g/mol. The molecule has 0 unspecified atom stereocenters. The van der Waals surface area contributed by atoms with Crippen LogP contribution in [0.3, 0.4) is 0 Å². The van der Waals surface area contributed by atoms with E-state index in [0.29, 0.717) is 5.13 Å². The summed E-state index contributed by atoms with van der Waals surface area (Å²) >= 11 is 1.27. The predicted octanol–water partition coefficient (Wildman–Crippen LogP) is 1.29. The standard InChI is InChI=1S/C6H10N2O2S2/c1-5(2)12(9,10)8-6-7-3-4-11-6/h3-5H,1-2H3,(H,7,8). The number of nitrogens with one attached hydrogen (secondary N) is 1. The molecule has 0 saturated heterocycles. The molecule has 4 nitrogen and oxygen atoms in total. The average Bonchev–Trinajstić information content (AvgIpc) is 2.38. The second-order valence-electron chi connectivity index (χ2n) is 2.53. The number of aromatic nitrogens is 1. The van der Waals surface area contributed by atoms with E-state index in [1.807, 2.05) is 0 Å². The molecular formula is C6H10N2O2S2. The van der Waals surface area contributed by atoms with Gasteiger partial charge in [0.05, 0.1) is 5.25 Å². The molecule has 0 radical (unpaired) electrons. The fourth-order valence-corrected chi connectivity index (χ4v) is 1.96. The summed E-state index contributed by atoms with van der Waals surface area (Å²) in [6, 6.07) is 0. The van der Waals surface area contributed by atoms with Gasteiger partial charge < -0.3 is 0 Å². The first-order valence-electron chi connectivity index (χ1n) is 3.43. The lowest BCUT2D eigenvalue weighted by Crippen LogP contribution is -2.22. The van der Waals surface area contributed by atoms with Crippen molar-refractivity contribution in [2.45, 2.75) is 19.1 Å². The smallest absolute Gasteiger partial charge is 0.236 e. The third kappa shape index (κ3) is 2.18. The van der Waals surface area contributed by atoms with E-state index in [2.05, 4.69) is 9.71 Å². The van der Waals surface area contributed by atoms with Gasteiger partial charge in [-0.25, -0.2) is 13.4 Å². The van der Waals surface area contributed by atoms with Crippen LogP contribution in [0.4, 0.5) is 5.13 Å². The molecule has 6 heteroatoms. The fraction of sp³-hybridized carbons (Fsp3) is 0.500. The van der Waals surface area contributed by atoms with Crippen LogP contribution in [0.1, 0.15) is 13.8 Å². The summed E-state index contributed by atoms with van der Waals surface area (Å²) in [6.45, 7) is 3.24. The monoisotopic (exact) mass is 206 g/mol. The van der Waals surface area contributed by atoms with Crippen molar-refractivity contribution in [1.29, 1.82) is 0 Å². The highest BCUT2D eigenvalue weighted by molar-refractivity contribution is 7.93. The number of nitrogens with zero attached hydrogens (tertiary/aromatic N) is 1. The van der Waals surface area contributed by atoms with Gasteiger partial charge in [0, 0.05) is 11.6 Å². The van der Waals surface area contributed by atoms with Crippen LogP contribution in [0, 0.1) is 0 Å².